The van der Waals surface area contributed by atoms with Crippen LogP contribution in [-0.2, 0) is 29.0 Å². The molecule has 1 aliphatic heterocycles. The Morgan fingerprint density at radius 3 is 2.24 bits per heavy atom. The molecule has 1 heterocycles. The molecule has 3 fully saturated rings. The Morgan fingerprint density at radius 2 is 1.68 bits per heavy atom. The monoisotopic (exact) mass is 717 g/mol. The summed E-state index contributed by atoms with van der Waals surface area (Å²) >= 11 is 0. The SMILES string of the molecule is C#CCCC(NC(=O)C1C2C(CN1C(=O)C(NC(=O)NC1(CS(=O)(=O)CCC(C)C)CCCCC1)C(C)(C)C)C2(C)C)C(=O)C(=O)NCC=C. The van der Waals surface area contributed by atoms with Crippen LogP contribution in [-0.4, -0.2) is 91.1 Å². The van der Waals surface area contributed by atoms with Crippen molar-refractivity contribution < 1.29 is 32.4 Å². The van der Waals surface area contributed by atoms with Crippen LogP contribution >= 0.6 is 0 Å². The number of urea groups is 1. The van der Waals surface area contributed by atoms with Crippen LogP contribution in [0.15, 0.2) is 12.7 Å². The smallest absolute Gasteiger partial charge is 0.315 e. The van der Waals surface area contributed by atoms with E-state index in [0.29, 0.717) is 19.3 Å². The third-order valence-corrected chi connectivity index (χ3v) is 12.5. The molecule has 0 aromatic carbocycles. The lowest BCUT2D eigenvalue weighted by atomic mass is 9.83. The second kappa shape index (κ2) is 16.3. The quantitative estimate of drug-likeness (QED) is 0.108. The van der Waals surface area contributed by atoms with Crippen LogP contribution < -0.4 is 21.3 Å². The predicted octanol–water partition coefficient (Wildman–Crippen LogP) is 3.12. The molecule has 4 N–H and O–H groups in total. The fraction of sp³-hybridized carbons (Fsp3) is 0.757. The van der Waals surface area contributed by atoms with Crippen LogP contribution in [0.3, 0.4) is 0 Å². The first-order valence-electron chi connectivity index (χ1n) is 18.0. The van der Waals surface area contributed by atoms with Gasteiger partial charge in [-0.15, -0.1) is 18.9 Å². The number of terminal acetylenes is 1. The number of hydrogen-bond acceptors (Lipinski definition) is 7. The van der Waals surface area contributed by atoms with Gasteiger partial charge >= 0.3 is 6.03 Å². The van der Waals surface area contributed by atoms with Gasteiger partial charge in [0.2, 0.25) is 17.6 Å². The summed E-state index contributed by atoms with van der Waals surface area (Å²) in [5.74, 6) is -0.340. The molecule has 2 saturated carbocycles. The maximum Gasteiger partial charge on any atom is 0.315 e. The Morgan fingerprint density at radius 1 is 1.04 bits per heavy atom. The molecule has 280 valence electrons. The van der Waals surface area contributed by atoms with E-state index >= 15 is 0 Å². The molecule has 1 saturated heterocycles. The molecule has 13 heteroatoms. The zero-order valence-corrected chi connectivity index (χ0v) is 31.8. The van der Waals surface area contributed by atoms with Crippen LogP contribution in [0.5, 0.6) is 0 Å². The number of hydrogen-bond donors (Lipinski definition) is 4. The third-order valence-electron chi connectivity index (χ3n) is 10.7. The summed E-state index contributed by atoms with van der Waals surface area (Å²) in [6.07, 6.45) is 11.2. The summed E-state index contributed by atoms with van der Waals surface area (Å²) in [5, 5.41) is 11.0. The van der Waals surface area contributed by atoms with Gasteiger partial charge in [0.15, 0.2) is 9.84 Å². The van der Waals surface area contributed by atoms with Crippen molar-refractivity contribution in [3.8, 4) is 12.3 Å². The van der Waals surface area contributed by atoms with Crippen molar-refractivity contribution in [3.63, 3.8) is 0 Å². The number of likely N-dealkylation sites (tertiary alicyclic amines) is 1. The zero-order chi connectivity index (χ0) is 37.7. The highest BCUT2D eigenvalue weighted by atomic mass is 32.2. The summed E-state index contributed by atoms with van der Waals surface area (Å²) in [7, 11) is -3.45. The Hall–Kier alpha value is -3.40. The highest BCUT2D eigenvalue weighted by Gasteiger charge is 2.70. The van der Waals surface area contributed by atoms with E-state index in [2.05, 4.69) is 33.8 Å². The van der Waals surface area contributed by atoms with Crippen molar-refractivity contribution in [3.05, 3.63) is 12.7 Å². The van der Waals surface area contributed by atoms with Gasteiger partial charge in [0.05, 0.1) is 23.1 Å². The first kappa shape index (κ1) is 41.0. The summed E-state index contributed by atoms with van der Waals surface area (Å²) in [4.78, 5) is 69.2. The molecular weight excluding hydrogens is 659 g/mol. The summed E-state index contributed by atoms with van der Waals surface area (Å²) in [6.45, 7) is 17.3. The number of Topliss-reactive ketones (excluding diaryl/α,β-unsaturated/α-hetero) is 1. The predicted molar refractivity (Wildman–Crippen MR) is 193 cm³/mol. The summed E-state index contributed by atoms with van der Waals surface area (Å²) in [6, 6.07) is -3.81. The number of carbonyl (C=O) groups is 5. The van der Waals surface area contributed by atoms with Crippen LogP contribution in [0.25, 0.3) is 0 Å². The van der Waals surface area contributed by atoms with Crippen molar-refractivity contribution in [1.29, 1.82) is 0 Å². The zero-order valence-electron chi connectivity index (χ0n) is 31.0. The van der Waals surface area contributed by atoms with Gasteiger partial charge < -0.3 is 26.2 Å². The van der Waals surface area contributed by atoms with E-state index < -0.39 is 68.5 Å². The Kier molecular flexibility index (Phi) is 13.4. The Balaban J connectivity index is 1.84. The molecule has 5 unspecified atom stereocenters. The number of nitrogens with one attached hydrogen (secondary N) is 4. The lowest BCUT2D eigenvalue weighted by molar-refractivity contribution is -0.145. The maximum absolute atomic E-state index is 14.4. The highest BCUT2D eigenvalue weighted by Crippen LogP contribution is 2.65. The van der Waals surface area contributed by atoms with Crippen LogP contribution in [0.1, 0.15) is 99.8 Å². The van der Waals surface area contributed by atoms with Gasteiger partial charge in [-0.1, -0.05) is 73.8 Å². The van der Waals surface area contributed by atoms with Gasteiger partial charge in [-0.3, -0.25) is 19.2 Å². The van der Waals surface area contributed by atoms with E-state index in [9.17, 15) is 32.4 Å². The molecule has 3 aliphatic rings. The molecule has 0 spiro atoms. The highest BCUT2D eigenvalue weighted by molar-refractivity contribution is 7.91. The van der Waals surface area contributed by atoms with Crippen molar-refractivity contribution >= 4 is 39.4 Å². The molecule has 2 aliphatic carbocycles. The van der Waals surface area contributed by atoms with Gasteiger partial charge in [0, 0.05) is 19.5 Å². The number of ketones is 1. The number of nitrogens with zero attached hydrogens (tertiary/aromatic N) is 1. The molecule has 0 aromatic rings. The van der Waals surface area contributed by atoms with Crippen molar-refractivity contribution in [2.24, 2.45) is 28.6 Å². The van der Waals surface area contributed by atoms with E-state index in [1.54, 1.807) is 0 Å². The molecule has 0 radical (unpaired) electrons. The first-order valence-corrected chi connectivity index (χ1v) is 19.8. The van der Waals surface area contributed by atoms with Gasteiger partial charge in [0.25, 0.3) is 5.91 Å². The number of amides is 5. The van der Waals surface area contributed by atoms with Crippen molar-refractivity contribution in [2.45, 2.75) is 123 Å². The fourth-order valence-electron chi connectivity index (χ4n) is 7.64. The minimum absolute atomic E-state index is 0.0222. The molecule has 0 bridgehead atoms. The van der Waals surface area contributed by atoms with E-state index in [4.69, 9.17) is 6.42 Å². The first-order chi connectivity index (χ1) is 23.2. The second-order valence-corrected chi connectivity index (χ2v) is 18.8. The molecule has 0 aromatic heterocycles. The van der Waals surface area contributed by atoms with Crippen molar-refractivity contribution in [2.75, 3.05) is 24.6 Å². The maximum atomic E-state index is 14.4. The molecule has 12 nitrogen and oxygen atoms in total. The lowest BCUT2D eigenvalue weighted by Crippen LogP contribution is -2.64. The third kappa shape index (κ3) is 10.1. The number of rotatable bonds is 16. The average molecular weight is 718 g/mol. The minimum Gasteiger partial charge on any atom is -0.346 e. The Bertz CT molecular complexity index is 1450. The number of piperidine rings is 1. The second-order valence-electron chi connectivity index (χ2n) is 16.6. The van der Waals surface area contributed by atoms with Gasteiger partial charge in [-0.05, 0) is 54.3 Å². The fourth-order valence-corrected chi connectivity index (χ4v) is 9.82. The van der Waals surface area contributed by atoms with Gasteiger partial charge in [-0.2, -0.15) is 0 Å². The van der Waals surface area contributed by atoms with Crippen LogP contribution in [0.2, 0.25) is 0 Å². The van der Waals surface area contributed by atoms with Crippen molar-refractivity contribution in [1.82, 2.24) is 26.2 Å². The Labute approximate surface area is 299 Å². The molecule has 5 amide bonds. The van der Waals surface area contributed by atoms with Gasteiger partial charge in [0.1, 0.15) is 12.1 Å². The molecule has 50 heavy (non-hydrogen) atoms. The standard InChI is InChI=1S/C37H59N5O7S/c1-10-12-16-26(29(43)32(45)38-20-11-2)39-31(44)28-27-25(36(27,8)9)22-42(28)33(46)30(35(5,6)7)40-34(47)41-37(18-14-13-15-19-37)23-50(48,49)21-17-24(3)4/h1,11,24-28,30H,2,12-23H2,3-9H3,(H,38,45)(H,39,44)(H2,40,41,47). The topological polar surface area (TPSA) is 171 Å². The molecule has 3 rings (SSSR count). The lowest BCUT2D eigenvalue weighted by Gasteiger charge is -2.40. The average Bonchev–Trinajstić information content (AvgIpc) is 3.33. The number of carbonyl (C=O) groups excluding carboxylic acids is 5. The summed E-state index contributed by atoms with van der Waals surface area (Å²) < 4.78 is 26.3. The normalized spacial score (nSPS) is 23.4. The summed E-state index contributed by atoms with van der Waals surface area (Å²) in [5.41, 5.74) is -1.96. The van der Waals surface area contributed by atoms with Crippen LogP contribution in [0.4, 0.5) is 4.79 Å². The van der Waals surface area contributed by atoms with E-state index in [0.717, 1.165) is 19.3 Å². The number of sulfone groups is 1. The van der Waals surface area contributed by atoms with Gasteiger partial charge in [-0.25, -0.2) is 13.2 Å². The minimum atomic E-state index is -3.45. The molecule has 5 atom stereocenters. The van der Waals surface area contributed by atoms with E-state index in [1.807, 2.05) is 48.5 Å². The largest absolute Gasteiger partial charge is 0.346 e. The van der Waals surface area contributed by atoms with E-state index in [1.165, 1.54) is 11.0 Å². The van der Waals surface area contributed by atoms with E-state index in [-0.39, 0.29) is 60.6 Å². The van der Waals surface area contributed by atoms with Crippen LogP contribution in [0, 0.1) is 40.9 Å². The number of fused-ring (bicyclic) bond motifs is 1. The molecular formula is C37H59N5O7S.